The number of methoxy groups -OCH3 is 1. The zero-order valence-electron chi connectivity index (χ0n) is 13.2. The molecule has 5 heteroatoms. The van der Waals surface area contributed by atoms with E-state index in [0.717, 1.165) is 0 Å². The normalized spacial score (nSPS) is 12.3. The average Bonchev–Trinajstić information content (AvgIpc) is 2.44. The summed E-state index contributed by atoms with van der Waals surface area (Å²) in [6.07, 6.45) is 0.369. The van der Waals surface area contributed by atoms with Crippen molar-refractivity contribution in [2.24, 2.45) is 5.92 Å². The molecule has 0 aliphatic carbocycles. The maximum Gasteiger partial charge on any atom is 0.221 e. The van der Waals surface area contributed by atoms with Crippen LogP contribution in [0.15, 0.2) is 18.2 Å². The number of ether oxygens (including phenoxy) is 1. The first-order valence-corrected chi connectivity index (χ1v) is 7.28. The van der Waals surface area contributed by atoms with Crippen molar-refractivity contribution < 1.29 is 13.9 Å². The number of carbonyl (C=O) groups excluding carboxylic acids is 1. The first-order valence-electron chi connectivity index (χ1n) is 7.28. The van der Waals surface area contributed by atoms with Gasteiger partial charge in [-0.2, -0.15) is 0 Å². The van der Waals surface area contributed by atoms with Gasteiger partial charge >= 0.3 is 0 Å². The minimum Gasteiger partial charge on any atom is -0.496 e. The van der Waals surface area contributed by atoms with Crippen LogP contribution in [0, 0.1) is 11.7 Å². The second-order valence-electron chi connectivity index (χ2n) is 5.48. The summed E-state index contributed by atoms with van der Waals surface area (Å²) in [4.78, 5) is 11.6. The predicted octanol–water partition coefficient (Wildman–Crippen LogP) is 2.65. The molecule has 2 N–H and O–H groups in total. The Bertz CT molecular complexity index is 464. The van der Waals surface area contributed by atoms with E-state index in [1.165, 1.54) is 13.2 Å². The van der Waals surface area contributed by atoms with Gasteiger partial charge in [-0.15, -0.1) is 0 Å². The number of carbonyl (C=O) groups is 1. The van der Waals surface area contributed by atoms with Crippen molar-refractivity contribution in [1.29, 1.82) is 0 Å². The molecule has 0 heterocycles. The van der Waals surface area contributed by atoms with Crippen molar-refractivity contribution in [1.82, 2.24) is 10.6 Å². The largest absolute Gasteiger partial charge is 0.496 e. The van der Waals surface area contributed by atoms with Crippen LogP contribution in [-0.4, -0.2) is 26.1 Å². The van der Waals surface area contributed by atoms with Crippen LogP contribution in [0.4, 0.5) is 4.39 Å². The summed E-state index contributed by atoms with van der Waals surface area (Å²) in [5.41, 5.74) is 0.489. The van der Waals surface area contributed by atoms with Crippen LogP contribution >= 0.6 is 0 Å². The molecule has 1 atom stereocenters. The fourth-order valence-electron chi connectivity index (χ4n) is 2.03. The SMILES string of the molecule is COc1cccc(F)c1C(C)NCCC(=O)NCC(C)C. The molecule has 0 aliphatic heterocycles. The second-order valence-corrected chi connectivity index (χ2v) is 5.48. The van der Waals surface area contributed by atoms with Crippen molar-refractivity contribution in [3.05, 3.63) is 29.6 Å². The van der Waals surface area contributed by atoms with Crippen molar-refractivity contribution in [3.8, 4) is 5.75 Å². The molecule has 1 aromatic carbocycles. The standard InChI is InChI=1S/C16H25FN2O2/c1-11(2)10-19-15(20)8-9-18-12(3)16-13(17)6-5-7-14(16)21-4/h5-7,11-12,18H,8-10H2,1-4H3,(H,19,20). The summed E-state index contributed by atoms with van der Waals surface area (Å²) < 4.78 is 19.1. The number of rotatable bonds is 8. The van der Waals surface area contributed by atoms with Gasteiger partial charge in [0.05, 0.1) is 7.11 Å². The lowest BCUT2D eigenvalue weighted by Gasteiger charge is -2.18. The van der Waals surface area contributed by atoms with Crippen molar-refractivity contribution in [2.45, 2.75) is 33.2 Å². The highest BCUT2D eigenvalue weighted by Gasteiger charge is 2.16. The maximum absolute atomic E-state index is 13.9. The van der Waals surface area contributed by atoms with Gasteiger partial charge in [-0.05, 0) is 25.0 Å². The fraction of sp³-hybridized carbons (Fsp3) is 0.562. The van der Waals surface area contributed by atoms with E-state index in [-0.39, 0.29) is 17.8 Å². The third-order valence-corrected chi connectivity index (χ3v) is 3.18. The predicted molar refractivity (Wildman–Crippen MR) is 81.8 cm³/mol. The van der Waals surface area contributed by atoms with Crippen LogP contribution in [-0.2, 0) is 4.79 Å². The third-order valence-electron chi connectivity index (χ3n) is 3.18. The van der Waals surface area contributed by atoms with Gasteiger partial charge in [-0.1, -0.05) is 19.9 Å². The summed E-state index contributed by atoms with van der Waals surface area (Å²) in [6.45, 7) is 7.11. The quantitative estimate of drug-likeness (QED) is 0.775. The lowest BCUT2D eigenvalue weighted by molar-refractivity contribution is -0.121. The van der Waals surface area contributed by atoms with Gasteiger partial charge < -0.3 is 15.4 Å². The Morgan fingerprint density at radius 1 is 1.33 bits per heavy atom. The summed E-state index contributed by atoms with van der Waals surface area (Å²) in [5, 5.41) is 6.00. The topological polar surface area (TPSA) is 50.4 Å². The maximum atomic E-state index is 13.9. The van der Waals surface area contributed by atoms with E-state index in [0.29, 0.717) is 36.7 Å². The van der Waals surface area contributed by atoms with E-state index in [4.69, 9.17) is 4.74 Å². The first-order chi connectivity index (χ1) is 9.95. The molecule has 0 saturated heterocycles. The molecule has 0 saturated carbocycles. The fourth-order valence-corrected chi connectivity index (χ4v) is 2.03. The molecule has 1 rings (SSSR count). The van der Waals surface area contributed by atoms with E-state index in [1.807, 2.05) is 20.8 Å². The highest BCUT2D eigenvalue weighted by Crippen LogP contribution is 2.27. The Morgan fingerprint density at radius 3 is 2.67 bits per heavy atom. The minimum atomic E-state index is -0.307. The molecule has 0 aliphatic rings. The van der Waals surface area contributed by atoms with Gasteiger partial charge in [0, 0.05) is 31.1 Å². The van der Waals surface area contributed by atoms with Gasteiger partial charge in [0.1, 0.15) is 11.6 Å². The molecule has 1 aromatic rings. The lowest BCUT2D eigenvalue weighted by atomic mass is 10.1. The molecule has 118 valence electrons. The average molecular weight is 296 g/mol. The zero-order chi connectivity index (χ0) is 15.8. The van der Waals surface area contributed by atoms with Crippen molar-refractivity contribution in [2.75, 3.05) is 20.2 Å². The van der Waals surface area contributed by atoms with E-state index >= 15 is 0 Å². The van der Waals surface area contributed by atoms with Crippen molar-refractivity contribution >= 4 is 5.91 Å². The molecule has 1 unspecified atom stereocenters. The number of halogens is 1. The minimum absolute atomic E-state index is 0.00361. The number of benzene rings is 1. The van der Waals surface area contributed by atoms with Crippen LogP contribution in [0.5, 0.6) is 5.75 Å². The van der Waals surface area contributed by atoms with E-state index in [9.17, 15) is 9.18 Å². The number of nitrogens with one attached hydrogen (secondary N) is 2. The van der Waals surface area contributed by atoms with Crippen LogP contribution in [0.2, 0.25) is 0 Å². The van der Waals surface area contributed by atoms with Crippen molar-refractivity contribution in [3.63, 3.8) is 0 Å². The molecule has 0 aromatic heterocycles. The monoisotopic (exact) mass is 296 g/mol. The number of hydrogen-bond donors (Lipinski definition) is 2. The van der Waals surface area contributed by atoms with E-state index in [1.54, 1.807) is 12.1 Å². The highest BCUT2D eigenvalue weighted by atomic mass is 19.1. The van der Waals surface area contributed by atoms with Crippen LogP contribution < -0.4 is 15.4 Å². The Kier molecular flexibility index (Phi) is 7.15. The van der Waals surface area contributed by atoms with Gasteiger partial charge in [-0.3, -0.25) is 4.79 Å². The molecular formula is C16H25FN2O2. The molecule has 21 heavy (non-hydrogen) atoms. The number of amides is 1. The molecule has 0 bridgehead atoms. The molecule has 0 spiro atoms. The Balaban J connectivity index is 2.47. The summed E-state index contributed by atoms with van der Waals surface area (Å²) in [6, 6.07) is 4.53. The first kappa shape index (κ1) is 17.4. The Hall–Kier alpha value is -1.62. The van der Waals surface area contributed by atoms with Crippen LogP contribution in [0.3, 0.4) is 0 Å². The lowest BCUT2D eigenvalue weighted by Crippen LogP contribution is -2.31. The summed E-state index contributed by atoms with van der Waals surface area (Å²) in [5.74, 6) is 0.644. The summed E-state index contributed by atoms with van der Waals surface area (Å²) >= 11 is 0. The zero-order valence-corrected chi connectivity index (χ0v) is 13.2. The van der Waals surface area contributed by atoms with Crippen LogP contribution in [0.1, 0.15) is 38.8 Å². The van der Waals surface area contributed by atoms with Gasteiger partial charge in [-0.25, -0.2) is 4.39 Å². The van der Waals surface area contributed by atoms with Crippen LogP contribution in [0.25, 0.3) is 0 Å². The molecular weight excluding hydrogens is 271 g/mol. The molecule has 4 nitrogen and oxygen atoms in total. The second kappa shape index (κ2) is 8.62. The third kappa shape index (κ3) is 5.71. The van der Waals surface area contributed by atoms with E-state index < -0.39 is 0 Å². The van der Waals surface area contributed by atoms with Gasteiger partial charge in [0.15, 0.2) is 0 Å². The van der Waals surface area contributed by atoms with Gasteiger partial charge in [0.25, 0.3) is 0 Å². The molecule has 1 amide bonds. The molecule has 0 fully saturated rings. The summed E-state index contributed by atoms with van der Waals surface area (Å²) in [7, 11) is 1.52. The smallest absolute Gasteiger partial charge is 0.221 e. The highest BCUT2D eigenvalue weighted by molar-refractivity contribution is 5.76. The Labute approximate surface area is 126 Å². The molecule has 0 radical (unpaired) electrons. The van der Waals surface area contributed by atoms with Gasteiger partial charge in [0.2, 0.25) is 5.91 Å². The Morgan fingerprint density at radius 2 is 2.05 bits per heavy atom. The number of hydrogen-bond acceptors (Lipinski definition) is 3. The van der Waals surface area contributed by atoms with E-state index in [2.05, 4.69) is 10.6 Å².